The normalized spacial score (nSPS) is 10.9. The molecule has 2 aromatic carbocycles. The molecule has 8 nitrogen and oxygen atoms in total. The number of ether oxygens (including phenoxy) is 1. The highest BCUT2D eigenvalue weighted by atomic mass is 32.1. The van der Waals surface area contributed by atoms with Crippen LogP contribution in [0.5, 0.6) is 5.75 Å². The van der Waals surface area contributed by atoms with Crippen molar-refractivity contribution in [3.8, 4) is 11.4 Å². The molecule has 0 fully saturated rings. The number of carbonyl (C=O) groups excluding carboxylic acids is 2. The molecule has 5 rings (SSSR count). The molecule has 0 bridgehead atoms. The summed E-state index contributed by atoms with van der Waals surface area (Å²) in [7, 11) is 0. The Balaban J connectivity index is 1.23. The molecule has 0 spiro atoms. The fraction of sp³-hybridized carbons (Fsp3) is 0.0800. The van der Waals surface area contributed by atoms with E-state index in [1.807, 2.05) is 37.3 Å². The molecule has 5 aromatic rings. The molecule has 0 saturated heterocycles. The number of halogens is 1. The Labute approximate surface area is 202 Å². The number of hydrogen-bond acceptors (Lipinski definition) is 6. The van der Waals surface area contributed by atoms with Crippen molar-refractivity contribution < 1.29 is 23.1 Å². The number of benzene rings is 2. The van der Waals surface area contributed by atoms with Crippen molar-refractivity contribution in [2.75, 3.05) is 0 Å². The van der Waals surface area contributed by atoms with Gasteiger partial charge in [-0.3, -0.25) is 20.4 Å². The van der Waals surface area contributed by atoms with Gasteiger partial charge in [-0.25, -0.2) is 9.07 Å². The van der Waals surface area contributed by atoms with Crippen LogP contribution < -0.4 is 15.6 Å². The van der Waals surface area contributed by atoms with Crippen LogP contribution in [-0.4, -0.2) is 21.6 Å². The number of hydrogen-bond donors (Lipinski definition) is 2. The van der Waals surface area contributed by atoms with Gasteiger partial charge in [-0.15, -0.1) is 11.3 Å². The van der Waals surface area contributed by atoms with Gasteiger partial charge >= 0.3 is 5.91 Å². The van der Waals surface area contributed by atoms with E-state index in [9.17, 15) is 14.0 Å². The van der Waals surface area contributed by atoms with Gasteiger partial charge < -0.3 is 9.15 Å². The van der Waals surface area contributed by atoms with Crippen LogP contribution in [0.25, 0.3) is 15.9 Å². The van der Waals surface area contributed by atoms with E-state index in [-0.39, 0.29) is 18.2 Å². The first-order valence-corrected chi connectivity index (χ1v) is 11.4. The second-order valence-corrected chi connectivity index (χ2v) is 8.61. The quantitative estimate of drug-likeness (QED) is 0.334. The van der Waals surface area contributed by atoms with Gasteiger partial charge in [0.15, 0.2) is 5.76 Å². The summed E-state index contributed by atoms with van der Waals surface area (Å²) in [6.07, 6.45) is 0. The minimum Gasteiger partial charge on any atom is -0.486 e. The lowest BCUT2D eigenvalue weighted by atomic mass is 10.3. The number of rotatable bonds is 6. The number of amides is 2. The van der Waals surface area contributed by atoms with E-state index in [0.29, 0.717) is 22.1 Å². The molecule has 3 aromatic heterocycles. The van der Waals surface area contributed by atoms with Gasteiger partial charge in [0.2, 0.25) is 0 Å². The van der Waals surface area contributed by atoms with E-state index in [4.69, 9.17) is 9.15 Å². The number of fused-ring (bicyclic) bond motifs is 1. The summed E-state index contributed by atoms with van der Waals surface area (Å²) in [5.74, 6) is -0.235. The smallest absolute Gasteiger partial charge is 0.305 e. The number of nitrogens with zero attached hydrogens (tertiary/aromatic N) is 2. The number of carbonyl (C=O) groups is 2. The van der Waals surface area contributed by atoms with E-state index in [2.05, 4.69) is 16.0 Å². The molecule has 35 heavy (non-hydrogen) atoms. The van der Waals surface area contributed by atoms with Crippen molar-refractivity contribution in [1.82, 2.24) is 20.6 Å². The summed E-state index contributed by atoms with van der Waals surface area (Å²) < 4.78 is 26.1. The topological polar surface area (TPSA) is 98.4 Å². The molecule has 2 amide bonds. The second kappa shape index (κ2) is 9.43. The average molecular weight is 491 g/mol. The second-order valence-electron chi connectivity index (χ2n) is 7.58. The van der Waals surface area contributed by atoms with Gasteiger partial charge in [-0.1, -0.05) is 18.2 Å². The fourth-order valence-electron chi connectivity index (χ4n) is 3.40. The molecule has 0 aliphatic heterocycles. The number of aryl methyl sites for hydroxylation is 1. The number of aromatic nitrogens is 2. The Kier molecular flexibility index (Phi) is 6.02. The number of furan rings is 1. The Hall–Kier alpha value is -4.44. The summed E-state index contributed by atoms with van der Waals surface area (Å²) in [5.41, 5.74) is 6.16. The molecular weight excluding hydrogens is 471 g/mol. The Morgan fingerprint density at radius 3 is 2.54 bits per heavy atom. The molecule has 0 atom stereocenters. The maximum absolute atomic E-state index is 13.3. The van der Waals surface area contributed by atoms with Gasteiger partial charge in [0, 0.05) is 5.39 Å². The summed E-state index contributed by atoms with van der Waals surface area (Å²) in [6, 6.07) is 20.0. The van der Waals surface area contributed by atoms with E-state index in [1.54, 1.807) is 28.9 Å². The predicted molar refractivity (Wildman–Crippen MR) is 128 cm³/mol. The van der Waals surface area contributed by atoms with E-state index < -0.39 is 11.8 Å². The van der Waals surface area contributed by atoms with Crippen LogP contribution in [0.2, 0.25) is 0 Å². The SMILES string of the molecule is Cc1nn(-c2ccc(F)cc2)c2sc(C(=O)NNC(=O)c3ccc(COc4ccccc4)o3)cc12. The molecular formula is C25H19FN4O4S. The summed E-state index contributed by atoms with van der Waals surface area (Å²) >= 11 is 1.21. The third kappa shape index (κ3) is 4.78. The van der Waals surface area contributed by atoms with Gasteiger partial charge in [-0.05, 0) is 61.5 Å². The molecule has 0 unspecified atom stereocenters. The molecule has 0 radical (unpaired) electrons. The Bertz CT molecular complexity index is 1510. The zero-order valence-electron chi connectivity index (χ0n) is 18.4. The lowest BCUT2D eigenvalue weighted by Crippen LogP contribution is -2.41. The zero-order chi connectivity index (χ0) is 24.4. The highest BCUT2D eigenvalue weighted by Gasteiger charge is 2.19. The fourth-order valence-corrected chi connectivity index (χ4v) is 4.48. The molecule has 0 aliphatic carbocycles. The van der Waals surface area contributed by atoms with Crippen LogP contribution >= 0.6 is 11.3 Å². The molecule has 0 aliphatic rings. The van der Waals surface area contributed by atoms with E-state index in [0.717, 1.165) is 15.9 Å². The van der Waals surface area contributed by atoms with Crippen LogP contribution in [0.3, 0.4) is 0 Å². The van der Waals surface area contributed by atoms with Crippen molar-refractivity contribution in [2.24, 2.45) is 0 Å². The van der Waals surface area contributed by atoms with E-state index in [1.165, 1.54) is 29.5 Å². The largest absolute Gasteiger partial charge is 0.486 e. The van der Waals surface area contributed by atoms with Crippen LogP contribution in [0.1, 0.15) is 31.7 Å². The maximum Gasteiger partial charge on any atom is 0.305 e. The highest BCUT2D eigenvalue weighted by Crippen LogP contribution is 2.30. The maximum atomic E-state index is 13.3. The molecule has 3 heterocycles. The minimum atomic E-state index is -0.598. The first-order valence-electron chi connectivity index (χ1n) is 10.6. The monoisotopic (exact) mass is 490 g/mol. The number of para-hydroxylation sites is 1. The van der Waals surface area contributed by atoms with Crippen LogP contribution in [-0.2, 0) is 6.61 Å². The zero-order valence-corrected chi connectivity index (χ0v) is 19.3. The van der Waals surface area contributed by atoms with Crippen LogP contribution in [0.4, 0.5) is 4.39 Å². The minimum absolute atomic E-state index is 0.0381. The molecule has 10 heteroatoms. The third-order valence-corrected chi connectivity index (χ3v) is 6.25. The molecule has 176 valence electrons. The lowest BCUT2D eigenvalue weighted by molar-refractivity contribution is 0.0830. The van der Waals surface area contributed by atoms with Gasteiger partial charge in [0.05, 0.1) is 16.3 Å². The van der Waals surface area contributed by atoms with Crippen molar-refractivity contribution in [1.29, 1.82) is 0 Å². The predicted octanol–water partition coefficient (Wildman–Crippen LogP) is 4.78. The molecule has 2 N–H and O–H groups in total. The van der Waals surface area contributed by atoms with Crippen molar-refractivity contribution in [3.63, 3.8) is 0 Å². The lowest BCUT2D eigenvalue weighted by Gasteiger charge is -2.05. The Morgan fingerprint density at radius 2 is 1.77 bits per heavy atom. The first kappa shape index (κ1) is 22.4. The summed E-state index contributed by atoms with van der Waals surface area (Å²) in [6.45, 7) is 1.99. The van der Waals surface area contributed by atoms with Crippen molar-refractivity contribution >= 4 is 33.4 Å². The highest BCUT2D eigenvalue weighted by molar-refractivity contribution is 7.20. The number of nitrogens with one attached hydrogen (secondary N) is 2. The Morgan fingerprint density at radius 1 is 1.03 bits per heavy atom. The van der Waals surface area contributed by atoms with Crippen LogP contribution in [0.15, 0.2) is 77.2 Å². The molecule has 0 saturated carbocycles. The number of thiophene rings is 1. The average Bonchev–Trinajstić information content (AvgIpc) is 3.59. The van der Waals surface area contributed by atoms with Gasteiger partial charge in [0.25, 0.3) is 5.91 Å². The van der Waals surface area contributed by atoms with Crippen molar-refractivity contribution in [3.05, 3.63) is 101 Å². The van der Waals surface area contributed by atoms with Crippen LogP contribution in [0, 0.1) is 12.7 Å². The third-order valence-electron chi connectivity index (χ3n) is 5.14. The van der Waals surface area contributed by atoms with Crippen molar-refractivity contribution in [2.45, 2.75) is 13.5 Å². The summed E-state index contributed by atoms with van der Waals surface area (Å²) in [5, 5.41) is 5.28. The number of hydrazine groups is 1. The van der Waals surface area contributed by atoms with Gasteiger partial charge in [-0.2, -0.15) is 5.10 Å². The summed E-state index contributed by atoms with van der Waals surface area (Å²) in [4.78, 5) is 26.2. The standard InChI is InChI=1S/C25H19FN4O4S/c1-15-20-13-22(35-25(20)30(29-15)17-9-7-16(26)8-10-17)24(32)28-27-23(31)21-12-11-19(34-21)14-33-18-5-3-2-4-6-18/h2-13H,14H2,1H3,(H,27,31)(H,28,32). The van der Waals surface area contributed by atoms with Gasteiger partial charge in [0.1, 0.15) is 28.8 Å². The first-order chi connectivity index (χ1) is 17.0. The van der Waals surface area contributed by atoms with E-state index >= 15 is 0 Å².